The van der Waals surface area contributed by atoms with Crippen molar-refractivity contribution in [3.63, 3.8) is 0 Å². The van der Waals surface area contributed by atoms with Crippen molar-refractivity contribution in [1.29, 1.82) is 0 Å². The van der Waals surface area contributed by atoms with Crippen LogP contribution in [0, 0.1) is 0 Å². The lowest BCUT2D eigenvalue weighted by Crippen LogP contribution is -2.31. The topological polar surface area (TPSA) is 55.4 Å². The first-order valence-electron chi connectivity index (χ1n) is 7.43. The Bertz CT molecular complexity index is 200. The highest BCUT2D eigenvalue weighted by Crippen LogP contribution is 2.02. The van der Waals surface area contributed by atoms with E-state index in [4.69, 9.17) is 28.4 Å². The third-order valence-corrected chi connectivity index (χ3v) is 2.54. The van der Waals surface area contributed by atoms with E-state index < -0.39 is 0 Å². The van der Waals surface area contributed by atoms with Crippen LogP contribution in [-0.2, 0) is 28.4 Å². The zero-order valence-corrected chi connectivity index (χ0v) is 14.3. The summed E-state index contributed by atoms with van der Waals surface area (Å²) >= 11 is 0. The average molecular weight is 308 g/mol. The summed E-state index contributed by atoms with van der Waals surface area (Å²) < 4.78 is 32.5. The van der Waals surface area contributed by atoms with E-state index in [2.05, 4.69) is 0 Å². The molecule has 6 heteroatoms. The van der Waals surface area contributed by atoms with Crippen molar-refractivity contribution in [3.8, 4) is 0 Å². The molecular formula is C15H32O6. The van der Waals surface area contributed by atoms with Crippen molar-refractivity contribution in [2.75, 3.05) is 47.4 Å². The number of ether oxygens (including phenoxy) is 6. The molecule has 2 unspecified atom stereocenters. The predicted octanol–water partition coefficient (Wildman–Crippen LogP) is 1.86. The number of methoxy groups -OCH3 is 2. The third-order valence-electron chi connectivity index (χ3n) is 2.54. The first kappa shape index (κ1) is 20.8. The molecule has 0 N–H and O–H groups in total. The van der Waals surface area contributed by atoms with Crippen molar-refractivity contribution >= 4 is 0 Å². The molecule has 0 spiro atoms. The van der Waals surface area contributed by atoms with Crippen LogP contribution in [0.4, 0.5) is 0 Å². The van der Waals surface area contributed by atoms with E-state index in [1.165, 1.54) is 0 Å². The van der Waals surface area contributed by atoms with E-state index >= 15 is 0 Å². The Morgan fingerprint density at radius 2 is 0.952 bits per heavy atom. The predicted molar refractivity (Wildman–Crippen MR) is 80.5 cm³/mol. The Balaban J connectivity index is 3.99. The average Bonchev–Trinajstić information content (AvgIpc) is 2.41. The minimum Gasteiger partial charge on any atom is -0.382 e. The minimum absolute atomic E-state index is 0.147. The largest absolute Gasteiger partial charge is 0.382 e. The molecule has 0 saturated carbocycles. The zero-order chi connectivity index (χ0) is 16.1. The van der Waals surface area contributed by atoms with Gasteiger partial charge in [-0.2, -0.15) is 0 Å². The van der Waals surface area contributed by atoms with E-state index in [0.29, 0.717) is 26.4 Å². The van der Waals surface area contributed by atoms with Crippen LogP contribution in [0.15, 0.2) is 0 Å². The highest BCUT2D eigenvalue weighted by molar-refractivity contribution is 4.57. The molecule has 0 bridgehead atoms. The SMILES string of the molecule is COCC(COC(C)C)OCOC(COC)COC(C)C. The highest BCUT2D eigenvalue weighted by Gasteiger charge is 2.14. The maximum absolute atomic E-state index is 5.63. The van der Waals surface area contributed by atoms with E-state index in [1.807, 2.05) is 27.7 Å². The normalized spacial score (nSPS) is 14.9. The van der Waals surface area contributed by atoms with E-state index in [0.717, 1.165) is 0 Å². The van der Waals surface area contributed by atoms with Gasteiger partial charge in [0.15, 0.2) is 0 Å². The molecule has 0 aliphatic rings. The summed E-state index contributed by atoms with van der Waals surface area (Å²) in [5, 5.41) is 0. The van der Waals surface area contributed by atoms with Gasteiger partial charge in [0.1, 0.15) is 19.0 Å². The van der Waals surface area contributed by atoms with Gasteiger partial charge in [0.05, 0.1) is 38.6 Å². The smallest absolute Gasteiger partial charge is 0.147 e. The van der Waals surface area contributed by atoms with Crippen molar-refractivity contribution in [2.45, 2.75) is 52.1 Å². The monoisotopic (exact) mass is 308 g/mol. The Kier molecular flexibility index (Phi) is 13.3. The summed E-state index contributed by atoms with van der Waals surface area (Å²) in [7, 11) is 3.27. The molecule has 21 heavy (non-hydrogen) atoms. The second-order valence-corrected chi connectivity index (χ2v) is 5.37. The summed E-state index contributed by atoms with van der Waals surface area (Å²) in [4.78, 5) is 0. The van der Waals surface area contributed by atoms with Gasteiger partial charge in [0.25, 0.3) is 0 Å². The molecule has 0 radical (unpaired) electrons. The molecule has 0 fully saturated rings. The van der Waals surface area contributed by atoms with Crippen molar-refractivity contribution < 1.29 is 28.4 Å². The minimum atomic E-state index is -0.147. The van der Waals surface area contributed by atoms with Crippen LogP contribution in [0.3, 0.4) is 0 Å². The molecular weight excluding hydrogens is 276 g/mol. The molecule has 0 aromatic heterocycles. The molecule has 6 nitrogen and oxygen atoms in total. The van der Waals surface area contributed by atoms with Gasteiger partial charge in [0.2, 0.25) is 0 Å². The summed E-state index contributed by atoms with van der Waals surface area (Å²) in [5.41, 5.74) is 0. The lowest BCUT2D eigenvalue weighted by Gasteiger charge is -2.22. The van der Waals surface area contributed by atoms with Gasteiger partial charge in [-0.1, -0.05) is 0 Å². The molecule has 0 aliphatic heterocycles. The van der Waals surface area contributed by atoms with Gasteiger partial charge in [-0.3, -0.25) is 0 Å². The lowest BCUT2D eigenvalue weighted by molar-refractivity contribution is -0.169. The van der Waals surface area contributed by atoms with Gasteiger partial charge < -0.3 is 28.4 Å². The summed E-state index contributed by atoms with van der Waals surface area (Å²) in [6.07, 6.45) is 0.0299. The Morgan fingerprint density at radius 3 is 1.24 bits per heavy atom. The number of rotatable bonds is 14. The quantitative estimate of drug-likeness (QED) is 0.457. The molecule has 0 aromatic carbocycles. The maximum Gasteiger partial charge on any atom is 0.147 e. The second kappa shape index (κ2) is 13.4. The van der Waals surface area contributed by atoms with Crippen LogP contribution in [0.5, 0.6) is 0 Å². The summed E-state index contributed by atoms with van der Waals surface area (Å²) in [5.74, 6) is 0. The first-order valence-corrected chi connectivity index (χ1v) is 7.43. The molecule has 2 atom stereocenters. The highest BCUT2D eigenvalue weighted by atomic mass is 16.7. The molecule has 0 amide bonds. The number of hydrogen-bond donors (Lipinski definition) is 0. The fraction of sp³-hybridized carbons (Fsp3) is 1.00. The molecule has 0 rings (SSSR count). The van der Waals surface area contributed by atoms with Crippen LogP contribution < -0.4 is 0 Å². The fourth-order valence-electron chi connectivity index (χ4n) is 1.49. The van der Waals surface area contributed by atoms with Crippen LogP contribution in [-0.4, -0.2) is 71.9 Å². The zero-order valence-electron chi connectivity index (χ0n) is 14.3. The molecule has 0 heterocycles. The van der Waals surface area contributed by atoms with Crippen LogP contribution in [0.1, 0.15) is 27.7 Å². The van der Waals surface area contributed by atoms with Gasteiger partial charge >= 0.3 is 0 Å². The van der Waals surface area contributed by atoms with Crippen LogP contribution in [0.2, 0.25) is 0 Å². The van der Waals surface area contributed by atoms with Gasteiger partial charge in [-0.05, 0) is 27.7 Å². The third kappa shape index (κ3) is 13.2. The molecule has 0 aliphatic carbocycles. The van der Waals surface area contributed by atoms with Crippen LogP contribution in [0.25, 0.3) is 0 Å². The van der Waals surface area contributed by atoms with E-state index in [1.54, 1.807) is 14.2 Å². The van der Waals surface area contributed by atoms with Crippen LogP contribution >= 0.6 is 0 Å². The van der Waals surface area contributed by atoms with E-state index in [-0.39, 0.29) is 31.2 Å². The van der Waals surface area contributed by atoms with E-state index in [9.17, 15) is 0 Å². The van der Waals surface area contributed by atoms with Crippen molar-refractivity contribution in [1.82, 2.24) is 0 Å². The first-order chi connectivity index (χ1) is 9.99. The summed E-state index contributed by atoms with van der Waals surface area (Å²) in [6.45, 7) is 9.98. The Hall–Kier alpha value is -0.240. The lowest BCUT2D eigenvalue weighted by atomic mass is 10.4. The standard InChI is InChI=1S/C15H32O6/c1-12(2)18-9-14(7-16-5)20-11-21-15(8-17-6)10-19-13(3)4/h12-15H,7-11H2,1-6H3. The fourth-order valence-corrected chi connectivity index (χ4v) is 1.49. The Labute approximate surface area is 129 Å². The van der Waals surface area contributed by atoms with Crippen molar-refractivity contribution in [3.05, 3.63) is 0 Å². The number of hydrogen-bond acceptors (Lipinski definition) is 6. The molecule has 128 valence electrons. The maximum atomic E-state index is 5.63. The van der Waals surface area contributed by atoms with Gasteiger partial charge in [0, 0.05) is 14.2 Å². The van der Waals surface area contributed by atoms with Crippen molar-refractivity contribution in [2.24, 2.45) is 0 Å². The molecule has 0 saturated heterocycles. The summed E-state index contributed by atoms with van der Waals surface area (Å²) in [6, 6.07) is 0. The van der Waals surface area contributed by atoms with Gasteiger partial charge in [-0.15, -0.1) is 0 Å². The van der Waals surface area contributed by atoms with Gasteiger partial charge in [-0.25, -0.2) is 0 Å². The Morgan fingerprint density at radius 1 is 0.571 bits per heavy atom. The molecule has 0 aromatic rings. The second-order valence-electron chi connectivity index (χ2n) is 5.37.